The van der Waals surface area contributed by atoms with Gasteiger partial charge in [-0.2, -0.15) is 0 Å². The molecule has 0 aromatic heterocycles. The van der Waals surface area contributed by atoms with Crippen LogP contribution < -0.4 is 10.2 Å². The summed E-state index contributed by atoms with van der Waals surface area (Å²) in [7, 11) is 3.16. The predicted octanol–water partition coefficient (Wildman–Crippen LogP) is 4.33. The molecule has 2 N–H and O–H groups in total. The van der Waals surface area contributed by atoms with Gasteiger partial charge in [0, 0.05) is 32.8 Å². The number of benzene rings is 2. The van der Waals surface area contributed by atoms with E-state index in [1.807, 2.05) is 48.5 Å². The average Bonchev–Trinajstić information content (AvgIpc) is 2.74. The van der Waals surface area contributed by atoms with Crippen molar-refractivity contribution in [3.05, 3.63) is 54.1 Å². The highest BCUT2D eigenvalue weighted by Gasteiger charge is 2.17. The van der Waals surface area contributed by atoms with Gasteiger partial charge >= 0.3 is 12.0 Å². The zero-order chi connectivity index (χ0) is 21.2. The molecular weight excluding hydrogens is 368 g/mol. The number of methoxy groups -OCH3 is 1. The van der Waals surface area contributed by atoms with Crippen molar-refractivity contribution < 1.29 is 19.4 Å². The Morgan fingerprint density at radius 3 is 2.45 bits per heavy atom. The van der Waals surface area contributed by atoms with Crippen LogP contribution in [0.3, 0.4) is 0 Å². The molecule has 6 nitrogen and oxygen atoms in total. The number of hydrogen-bond donors (Lipinski definition) is 2. The summed E-state index contributed by atoms with van der Waals surface area (Å²) in [6.45, 7) is 2.81. The minimum Gasteiger partial charge on any atom is -0.479 e. The largest absolute Gasteiger partial charge is 0.479 e. The fourth-order valence-corrected chi connectivity index (χ4v) is 3.02. The molecule has 0 aliphatic carbocycles. The fraction of sp³-hybridized carbons (Fsp3) is 0.391. The molecule has 0 heterocycles. The quantitative estimate of drug-likeness (QED) is 0.584. The molecule has 2 rings (SSSR count). The van der Waals surface area contributed by atoms with E-state index in [4.69, 9.17) is 9.84 Å². The molecule has 0 unspecified atom stereocenters. The van der Waals surface area contributed by atoms with Crippen LogP contribution in [0.1, 0.15) is 31.7 Å². The molecule has 1 atom stereocenters. The Bertz CT molecular complexity index is 805. The van der Waals surface area contributed by atoms with E-state index in [0.717, 1.165) is 41.6 Å². The van der Waals surface area contributed by atoms with Crippen molar-refractivity contribution in [1.29, 1.82) is 0 Å². The van der Waals surface area contributed by atoms with Crippen LogP contribution in [0.4, 0.5) is 10.5 Å². The van der Waals surface area contributed by atoms with E-state index in [2.05, 4.69) is 12.2 Å². The van der Waals surface area contributed by atoms with Crippen LogP contribution in [-0.2, 0) is 16.0 Å². The maximum Gasteiger partial charge on any atom is 0.333 e. The number of carboxylic acid groups (broad SMARTS) is 1. The summed E-state index contributed by atoms with van der Waals surface area (Å²) in [5.74, 6) is -0.972. The third-order valence-electron chi connectivity index (χ3n) is 4.86. The first kappa shape index (κ1) is 22.4. The molecule has 2 aromatic rings. The fourth-order valence-electron chi connectivity index (χ4n) is 3.02. The molecule has 0 aliphatic rings. The molecule has 29 heavy (non-hydrogen) atoms. The first-order valence-corrected chi connectivity index (χ1v) is 9.92. The number of unbranched alkanes of at least 4 members (excludes halogenated alkanes) is 2. The lowest BCUT2D eigenvalue weighted by Crippen LogP contribution is -2.37. The third kappa shape index (κ3) is 6.61. The van der Waals surface area contributed by atoms with Crippen LogP contribution >= 0.6 is 0 Å². The number of urea groups is 1. The molecule has 0 saturated heterocycles. The standard InChI is InChI=1S/C23H30N2O4/c1-4-5-6-14-24-23(28)25(2)20-9-7-8-19(16-20)18-12-10-17(11-13-18)15-21(29-3)22(26)27/h7-13,16,21H,4-6,14-15H2,1-3H3,(H,24,28)(H,26,27)/t21-/m0/s1. The highest BCUT2D eigenvalue weighted by Crippen LogP contribution is 2.25. The van der Waals surface area contributed by atoms with Gasteiger partial charge in [-0.15, -0.1) is 0 Å². The van der Waals surface area contributed by atoms with Crippen molar-refractivity contribution in [1.82, 2.24) is 5.32 Å². The van der Waals surface area contributed by atoms with Gasteiger partial charge in [0.1, 0.15) is 0 Å². The smallest absolute Gasteiger partial charge is 0.333 e. The van der Waals surface area contributed by atoms with Gasteiger partial charge < -0.3 is 15.2 Å². The topological polar surface area (TPSA) is 78.9 Å². The highest BCUT2D eigenvalue weighted by molar-refractivity contribution is 5.92. The lowest BCUT2D eigenvalue weighted by Gasteiger charge is -2.19. The highest BCUT2D eigenvalue weighted by atomic mass is 16.5. The predicted molar refractivity (Wildman–Crippen MR) is 115 cm³/mol. The number of carbonyl (C=O) groups is 2. The maximum atomic E-state index is 12.3. The van der Waals surface area contributed by atoms with Crippen molar-refractivity contribution in [2.24, 2.45) is 0 Å². The zero-order valence-corrected chi connectivity index (χ0v) is 17.4. The Balaban J connectivity index is 2.06. The zero-order valence-electron chi connectivity index (χ0n) is 17.4. The Hall–Kier alpha value is -2.86. The van der Waals surface area contributed by atoms with Gasteiger partial charge in [0.25, 0.3) is 0 Å². The summed E-state index contributed by atoms with van der Waals surface area (Å²) in [6, 6.07) is 15.4. The second-order valence-corrected chi connectivity index (χ2v) is 7.01. The third-order valence-corrected chi connectivity index (χ3v) is 4.86. The Morgan fingerprint density at radius 1 is 1.10 bits per heavy atom. The molecule has 0 saturated carbocycles. The Morgan fingerprint density at radius 2 is 1.83 bits per heavy atom. The number of carbonyl (C=O) groups excluding carboxylic acids is 1. The van der Waals surface area contributed by atoms with Gasteiger partial charge in [0.05, 0.1) is 0 Å². The van der Waals surface area contributed by atoms with Crippen molar-refractivity contribution in [2.45, 2.75) is 38.7 Å². The van der Waals surface area contributed by atoms with Crippen molar-refractivity contribution in [2.75, 3.05) is 25.6 Å². The van der Waals surface area contributed by atoms with Gasteiger partial charge in [-0.05, 0) is 35.2 Å². The van der Waals surface area contributed by atoms with Crippen LogP contribution in [0.5, 0.6) is 0 Å². The van der Waals surface area contributed by atoms with Gasteiger partial charge in [-0.1, -0.05) is 56.2 Å². The Labute approximate surface area is 172 Å². The number of nitrogens with zero attached hydrogens (tertiary/aromatic N) is 1. The number of ether oxygens (including phenoxy) is 1. The minimum absolute atomic E-state index is 0.118. The lowest BCUT2D eigenvalue weighted by atomic mass is 10.0. The van der Waals surface area contributed by atoms with Gasteiger partial charge in [0.2, 0.25) is 0 Å². The SMILES string of the molecule is CCCCCNC(=O)N(C)c1cccc(-c2ccc(C[C@H](OC)C(=O)O)cc2)c1. The first-order valence-electron chi connectivity index (χ1n) is 9.92. The number of rotatable bonds is 10. The van der Waals surface area contributed by atoms with Crippen LogP contribution in [0.15, 0.2) is 48.5 Å². The molecule has 2 aromatic carbocycles. The first-order chi connectivity index (χ1) is 14.0. The molecule has 0 fully saturated rings. The average molecular weight is 399 g/mol. The number of carboxylic acids is 1. The van der Waals surface area contributed by atoms with E-state index in [0.29, 0.717) is 13.0 Å². The molecular formula is C23H30N2O4. The summed E-state index contributed by atoms with van der Waals surface area (Å²) < 4.78 is 4.99. The van der Waals surface area contributed by atoms with Crippen molar-refractivity contribution in [3.8, 4) is 11.1 Å². The number of aliphatic carboxylic acids is 1. The summed E-state index contributed by atoms with van der Waals surface area (Å²) in [5.41, 5.74) is 3.69. The van der Waals surface area contributed by atoms with E-state index in [9.17, 15) is 9.59 Å². The maximum absolute atomic E-state index is 12.3. The van der Waals surface area contributed by atoms with Crippen molar-refractivity contribution >= 4 is 17.7 Å². The summed E-state index contributed by atoms with van der Waals surface area (Å²) in [5, 5.41) is 12.1. The lowest BCUT2D eigenvalue weighted by molar-refractivity contribution is -0.148. The van der Waals surface area contributed by atoms with Crippen LogP contribution in [0.2, 0.25) is 0 Å². The number of amides is 2. The summed E-state index contributed by atoms with van der Waals surface area (Å²) in [4.78, 5) is 25.1. The van der Waals surface area contributed by atoms with Gasteiger partial charge in [-0.3, -0.25) is 4.90 Å². The van der Waals surface area contributed by atoms with E-state index in [1.165, 1.54) is 7.11 Å². The van der Waals surface area contributed by atoms with E-state index >= 15 is 0 Å². The molecule has 6 heteroatoms. The Kier molecular flexibility index (Phi) is 8.68. The number of anilines is 1. The van der Waals surface area contributed by atoms with E-state index in [-0.39, 0.29) is 6.03 Å². The van der Waals surface area contributed by atoms with Crippen molar-refractivity contribution in [3.63, 3.8) is 0 Å². The molecule has 0 radical (unpaired) electrons. The molecule has 2 amide bonds. The van der Waals surface area contributed by atoms with Crippen LogP contribution in [0, 0.1) is 0 Å². The molecule has 0 aliphatic heterocycles. The van der Waals surface area contributed by atoms with Gasteiger partial charge in [0.15, 0.2) is 6.10 Å². The number of hydrogen-bond acceptors (Lipinski definition) is 3. The normalized spacial score (nSPS) is 11.7. The van der Waals surface area contributed by atoms with Gasteiger partial charge in [-0.25, -0.2) is 9.59 Å². The second kappa shape index (κ2) is 11.2. The monoisotopic (exact) mass is 398 g/mol. The molecule has 156 valence electrons. The van der Waals surface area contributed by atoms with E-state index in [1.54, 1.807) is 11.9 Å². The van der Waals surface area contributed by atoms with Crippen LogP contribution in [0.25, 0.3) is 11.1 Å². The molecule has 0 bridgehead atoms. The van der Waals surface area contributed by atoms with E-state index < -0.39 is 12.1 Å². The summed E-state index contributed by atoms with van der Waals surface area (Å²) >= 11 is 0. The van der Waals surface area contributed by atoms with Crippen LogP contribution in [-0.4, -0.2) is 43.9 Å². The minimum atomic E-state index is -0.972. The second-order valence-electron chi connectivity index (χ2n) is 7.01. The molecule has 0 spiro atoms. The summed E-state index contributed by atoms with van der Waals surface area (Å²) in [6.07, 6.45) is 2.66. The number of nitrogens with one attached hydrogen (secondary N) is 1.